The number of halogens is 4. The van der Waals surface area contributed by atoms with Crippen LogP contribution < -0.4 is 5.32 Å². The number of hydrogen-bond acceptors (Lipinski definition) is 2. The van der Waals surface area contributed by atoms with Crippen molar-refractivity contribution in [2.24, 2.45) is 0 Å². The van der Waals surface area contributed by atoms with Gasteiger partial charge in [-0.25, -0.2) is 4.39 Å². The molecule has 1 N–H and O–H groups in total. The fourth-order valence-corrected chi connectivity index (χ4v) is 2.88. The SMILES string of the molecule is CCN1CCCC1CNCc1ccc(F)cc1C(F)(F)F. The zero-order valence-corrected chi connectivity index (χ0v) is 12.0. The third-order valence-electron chi connectivity index (χ3n) is 3.98. The van der Waals surface area contributed by atoms with Crippen molar-refractivity contribution in [2.75, 3.05) is 19.6 Å². The van der Waals surface area contributed by atoms with Gasteiger partial charge in [0, 0.05) is 19.1 Å². The molecular formula is C15H20F4N2. The molecule has 1 saturated heterocycles. The maximum absolute atomic E-state index is 13.0. The smallest absolute Gasteiger partial charge is 0.311 e. The van der Waals surface area contributed by atoms with Crippen molar-refractivity contribution in [1.29, 1.82) is 0 Å². The Balaban J connectivity index is 1.97. The van der Waals surface area contributed by atoms with Crippen LogP contribution in [0.1, 0.15) is 30.9 Å². The van der Waals surface area contributed by atoms with E-state index in [2.05, 4.69) is 17.1 Å². The van der Waals surface area contributed by atoms with Crippen LogP contribution in [0.2, 0.25) is 0 Å². The van der Waals surface area contributed by atoms with Crippen LogP contribution in [-0.4, -0.2) is 30.6 Å². The average Bonchev–Trinajstić information content (AvgIpc) is 2.86. The minimum Gasteiger partial charge on any atom is -0.311 e. The van der Waals surface area contributed by atoms with Crippen LogP contribution in [0.3, 0.4) is 0 Å². The zero-order valence-electron chi connectivity index (χ0n) is 12.0. The normalized spacial score (nSPS) is 20.1. The summed E-state index contributed by atoms with van der Waals surface area (Å²) in [6.07, 6.45) is -2.33. The standard InChI is InChI=1S/C15H20F4N2/c1-2-21-7-3-4-13(21)10-20-9-11-5-6-12(16)8-14(11)15(17,18)19/h5-6,8,13,20H,2-4,7,9-10H2,1H3. The predicted octanol–water partition coefficient (Wildman–Crippen LogP) is 3.42. The first-order valence-electron chi connectivity index (χ1n) is 7.22. The molecule has 0 saturated carbocycles. The molecule has 118 valence electrons. The van der Waals surface area contributed by atoms with Crippen LogP contribution >= 0.6 is 0 Å². The zero-order chi connectivity index (χ0) is 15.5. The topological polar surface area (TPSA) is 15.3 Å². The van der Waals surface area contributed by atoms with Gasteiger partial charge in [0.2, 0.25) is 0 Å². The highest BCUT2D eigenvalue weighted by molar-refractivity contribution is 5.30. The highest BCUT2D eigenvalue weighted by Crippen LogP contribution is 2.32. The highest BCUT2D eigenvalue weighted by Gasteiger charge is 2.33. The quantitative estimate of drug-likeness (QED) is 0.839. The molecule has 1 aromatic carbocycles. The summed E-state index contributed by atoms with van der Waals surface area (Å²) in [5.41, 5.74) is -0.807. The maximum atomic E-state index is 13.0. The van der Waals surface area contributed by atoms with Gasteiger partial charge in [-0.15, -0.1) is 0 Å². The molecule has 1 atom stereocenters. The Morgan fingerprint density at radius 1 is 1.33 bits per heavy atom. The second kappa shape index (κ2) is 6.75. The van der Waals surface area contributed by atoms with Crippen molar-refractivity contribution in [2.45, 2.75) is 38.5 Å². The minimum absolute atomic E-state index is 0.0879. The van der Waals surface area contributed by atoms with Crippen molar-refractivity contribution in [3.05, 3.63) is 35.1 Å². The number of likely N-dealkylation sites (N-methyl/N-ethyl adjacent to an activating group) is 1. The van der Waals surface area contributed by atoms with Crippen molar-refractivity contribution in [1.82, 2.24) is 10.2 Å². The van der Waals surface area contributed by atoms with Gasteiger partial charge in [0.15, 0.2) is 0 Å². The summed E-state index contributed by atoms with van der Waals surface area (Å²) in [5, 5.41) is 3.08. The number of hydrogen-bond donors (Lipinski definition) is 1. The molecule has 21 heavy (non-hydrogen) atoms. The van der Waals surface area contributed by atoms with E-state index in [0.29, 0.717) is 18.7 Å². The lowest BCUT2D eigenvalue weighted by atomic mass is 10.1. The molecular weight excluding hydrogens is 284 g/mol. The van der Waals surface area contributed by atoms with Crippen molar-refractivity contribution in [3.8, 4) is 0 Å². The lowest BCUT2D eigenvalue weighted by Crippen LogP contribution is -2.37. The van der Waals surface area contributed by atoms with E-state index in [1.807, 2.05) is 0 Å². The van der Waals surface area contributed by atoms with Crippen LogP contribution in [0.4, 0.5) is 17.6 Å². The molecule has 1 aliphatic heterocycles. The monoisotopic (exact) mass is 304 g/mol. The Kier molecular flexibility index (Phi) is 5.22. The van der Waals surface area contributed by atoms with E-state index in [0.717, 1.165) is 32.0 Å². The Bertz CT molecular complexity index is 473. The maximum Gasteiger partial charge on any atom is 0.416 e. The lowest BCUT2D eigenvalue weighted by Gasteiger charge is -2.23. The molecule has 1 aromatic rings. The first-order valence-corrected chi connectivity index (χ1v) is 7.22. The van der Waals surface area contributed by atoms with Crippen LogP contribution in [0.15, 0.2) is 18.2 Å². The number of nitrogens with one attached hydrogen (secondary N) is 1. The third-order valence-corrected chi connectivity index (χ3v) is 3.98. The van der Waals surface area contributed by atoms with Gasteiger partial charge in [0.05, 0.1) is 5.56 Å². The van der Waals surface area contributed by atoms with E-state index >= 15 is 0 Å². The van der Waals surface area contributed by atoms with E-state index in [4.69, 9.17) is 0 Å². The first kappa shape index (κ1) is 16.2. The molecule has 1 heterocycles. The molecule has 0 bridgehead atoms. The number of nitrogens with zero attached hydrogens (tertiary/aromatic N) is 1. The highest BCUT2D eigenvalue weighted by atomic mass is 19.4. The molecule has 0 aliphatic carbocycles. The summed E-state index contributed by atoms with van der Waals surface area (Å²) in [5.74, 6) is -0.862. The summed E-state index contributed by atoms with van der Waals surface area (Å²) in [6.45, 7) is 4.84. The summed E-state index contributed by atoms with van der Waals surface area (Å²) < 4.78 is 51.6. The fraction of sp³-hybridized carbons (Fsp3) is 0.600. The fourth-order valence-electron chi connectivity index (χ4n) is 2.88. The van der Waals surface area contributed by atoms with Crippen LogP contribution in [0.25, 0.3) is 0 Å². The van der Waals surface area contributed by atoms with Crippen molar-refractivity contribution in [3.63, 3.8) is 0 Å². The molecule has 2 nitrogen and oxygen atoms in total. The molecule has 1 aliphatic rings. The summed E-state index contributed by atoms with van der Waals surface area (Å²) in [7, 11) is 0. The second-order valence-electron chi connectivity index (χ2n) is 5.35. The Hall–Kier alpha value is -1.14. The molecule has 2 rings (SSSR count). The molecule has 0 spiro atoms. The molecule has 1 fully saturated rings. The number of alkyl halides is 3. The first-order chi connectivity index (χ1) is 9.91. The summed E-state index contributed by atoms with van der Waals surface area (Å²) in [4.78, 5) is 2.32. The van der Waals surface area contributed by atoms with E-state index in [1.54, 1.807) is 0 Å². The largest absolute Gasteiger partial charge is 0.416 e. The molecule has 1 unspecified atom stereocenters. The van der Waals surface area contributed by atoms with Gasteiger partial charge in [-0.2, -0.15) is 13.2 Å². The number of rotatable bonds is 5. The van der Waals surface area contributed by atoms with Gasteiger partial charge < -0.3 is 5.32 Å². The van der Waals surface area contributed by atoms with Gasteiger partial charge in [-0.05, 0) is 43.6 Å². The predicted molar refractivity (Wildman–Crippen MR) is 73.4 cm³/mol. The summed E-state index contributed by atoms with van der Waals surface area (Å²) in [6, 6.07) is 3.22. The van der Waals surface area contributed by atoms with Crippen molar-refractivity contribution >= 4 is 0 Å². The van der Waals surface area contributed by atoms with E-state index in [-0.39, 0.29) is 12.1 Å². The number of benzene rings is 1. The lowest BCUT2D eigenvalue weighted by molar-refractivity contribution is -0.138. The minimum atomic E-state index is -4.53. The molecule has 6 heteroatoms. The van der Waals surface area contributed by atoms with Gasteiger partial charge in [-0.3, -0.25) is 4.90 Å². The summed E-state index contributed by atoms with van der Waals surface area (Å²) >= 11 is 0. The van der Waals surface area contributed by atoms with Crippen molar-refractivity contribution < 1.29 is 17.6 Å². The van der Waals surface area contributed by atoms with Gasteiger partial charge in [0.25, 0.3) is 0 Å². The molecule has 0 aromatic heterocycles. The van der Waals surface area contributed by atoms with Gasteiger partial charge in [0.1, 0.15) is 5.82 Å². The van der Waals surface area contributed by atoms with Crippen LogP contribution in [0.5, 0.6) is 0 Å². The van der Waals surface area contributed by atoms with E-state index in [1.165, 1.54) is 6.07 Å². The van der Waals surface area contributed by atoms with E-state index in [9.17, 15) is 17.6 Å². The molecule has 0 amide bonds. The van der Waals surface area contributed by atoms with Crippen LogP contribution in [0, 0.1) is 5.82 Å². The van der Waals surface area contributed by atoms with Gasteiger partial charge >= 0.3 is 6.18 Å². The average molecular weight is 304 g/mol. The third kappa shape index (κ3) is 4.17. The van der Waals surface area contributed by atoms with Gasteiger partial charge in [-0.1, -0.05) is 13.0 Å². The second-order valence-corrected chi connectivity index (χ2v) is 5.35. The van der Waals surface area contributed by atoms with E-state index < -0.39 is 17.6 Å². The number of likely N-dealkylation sites (tertiary alicyclic amines) is 1. The Morgan fingerprint density at radius 2 is 2.10 bits per heavy atom. The molecule has 0 radical (unpaired) electrons. The van der Waals surface area contributed by atoms with Crippen LogP contribution in [-0.2, 0) is 12.7 Å². The Morgan fingerprint density at radius 3 is 2.76 bits per heavy atom. The Labute approximate surface area is 122 Å².